The molecule has 17 heavy (non-hydrogen) atoms. The average Bonchev–Trinajstić information content (AvgIpc) is 2.37. The first-order chi connectivity index (χ1) is 8.28. The van der Waals surface area contributed by atoms with Gasteiger partial charge in [0.05, 0.1) is 7.11 Å². The fraction of sp³-hybridized carbons (Fsp3) is 0.154. The first-order valence-electron chi connectivity index (χ1n) is 5.27. The number of rotatable bonds is 4. The van der Waals surface area contributed by atoms with Crippen molar-refractivity contribution in [1.82, 2.24) is 4.98 Å². The van der Waals surface area contributed by atoms with Crippen molar-refractivity contribution in [3.8, 4) is 5.88 Å². The number of nitrogens with zero attached hydrogens (tertiary/aromatic N) is 1. The van der Waals surface area contributed by atoms with Crippen molar-refractivity contribution in [2.75, 3.05) is 12.4 Å². The lowest BCUT2D eigenvalue weighted by Gasteiger charge is -2.07. The number of pyridine rings is 1. The maximum atomic E-state index is 5.91. The van der Waals surface area contributed by atoms with Crippen LogP contribution in [-0.4, -0.2) is 12.1 Å². The van der Waals surface area contributed by atoms with Gasteiger partial charge in [0.15, 0.2) is 0 Å². The molecular formula is C13H13ClN2O. The van der Waals surface area contributed by atoms with Gasteiger partial charge in [-0.25, -0.2) is 0 Å². The van der Waals surface area contributed by atoms with Crippen LogP contribution >= 0.6 is 11.6 Å². The van der Waals surface area contributed by atoms with Crippen LogP contribution in [0.4, 0.5) is 5.82 Å². The van der Waals surface area contributed by atoms with Crippen LogP contribution in [0.1, 0.15) is 5.56 Å². The van der Waals surface area contributed by atoms with Gasteiger partial charge in [-0.05, 0) is 23.8 Å². The Labute approximate surface area is 105 Å². The summed E-state index contributed by atoms with van der Waals surface area (Å²) in [6.07, 6.45) is 0. The first-order valence-corrected chi connectivity index (χ1v) is 5.65. The predicted octanol–water partition coefficient (Wildman–Crippen LogP) is 3.36. The van der Waals surface area contributed by atoms with E-state index in [0.29, 0.717) is 12.4 Å². The molecule has 2 aromatic rings. The summed E-state index contributed by atoms with van der Waals surface area (Å²) in [5.74, 6) is 1.38. The zero-order chi connectivity index (χ0) is 12.1. The molecule has 0 aliphatic rings. The van der Waals surface area contributed by atoms with Gasteiger partial charge in [0.2, 0.25) is 5.88 Å². The highest BCUT2D eigenvalue weighted by atomic mass is 35.5. The lowest BCUT2D eigenvalue weighted by molar-refractivity contribution is 0.398. The van der Waals surface area contributed by atoms with Crippen molar-refractivity contribution in [3.63, 3.8) is 0 Å². The molecule has 0 saturated heterocycles. The highest BCUT2D eigenvalue weighted by molar-refractivity contribution is 6.30. The number of benzene rings is 1. The SMILES string of the molecule is COc1cccc(NCc2cccc(Cl)c2)n1. The van der Waals surface area contributed by atoms with E-state index in [-0.39, 0.29) is 0 Å². The Morgan fingerprint density at radius 2 is 2.06 bits per heavy atom. The standard InChI is InChI=1S/C13H13ClN2O/c1-17-13-7-3-6-12(16-13)15-9-10-4-2-5-11(14)8-10/h2-8H,9H2,1H3,(H,15,16). The Morgan fingerprint density at radius 1 is 1.24 bits per heavy atom. The Kier molecular flexibility index (Phi) is 3.83. The van der Waals surface area contributed by atoms with Crippen molar-refractivity contribution in [2.24, 2.45) is 0 Å². The summed E-state index contributed by atoms with van der Waals surface area (Å²) in [6, 6.07) is 13.3. The minimum absolute atomic E-state index is 0.598. The minimum atomic E-state index is 0.598. The van der Waals surface area contributed by atoms with Crippen LogP contribution in [0.15, 0.2) is 42.5 Å². The molecule has 0 spiro atoms. The van der Waals surface area contributed by atoms with Crippen molar-refractivity contribution >= 4 is 17.4 Å². The van der Waals surface area contributed by atoms with E-state index in [4.69, 9.17) is 16.3 Å². The molecule has 0 atom stereocenters. The third-order valence-corrected chi connectivity index (χ3v) is 2.53. The van der Waals surface area contributed by atoms with E-state index in [1.165, 1.54) is 0 Å². The summed E-state index contributed by atoms with van der Waals surface area (Å²) in [5, 5.41) is 3.95. The van der Waals surface area contributed by atoms with Crippen LogP contribution < -0.4 is 10.1 Å². The predicted molar refractivity (Wildman–Crippen MR) is 69.6 cm³/mol. The number of aromatic nitrogens is 1. The molecule has 2 rings (SSSR count). The summed E-state index contributed by atoms with van der Waals surface area (Å²) < 4.78 is 5.05. The van der Waals surface area contributed by atoms with Gasteiger partial charge in [-0.2, -0.15) is 4.98 Å². The topological polar surface area (TPSA) is 34.1 Å². The van der Waals surface area contributed by atoms with Crippen LogP contribution in [-0.2, 0) is 6.54 Å². The van der Waals surface area contributed by atoms with Crippen molar-refractivity contribution in [2.45, 2.75) is 6.54 Å². The number of nitrogens with one attached hydrogen (secondary N) is 1. The van der Waals surface area contributed by atoms with Crippen LogP contribution in [0.2, 0.25) is 5.02 Å². The number of hydrogen-bond acceptors (Lipinski definition) is 3. The molecule has 0 saturated carbocycles. The highest BCUT2D eigenvalue weighted by Gasteiger charge is 1.98. The number of methoxy groups -OCH3 is 1. The molecule has 4 heteroatoms. The third kappa shape index (κ3) is 3.36. The molecule has 1 heterocycles. The van der Waals surface area contributed by atoms with E-state index in [2.05, 4.69) is 10.3 Å². The molecule has 3 nitrogen and oxygen atoms in total. The molecule has 88 valence electrons. The lowest BCUT2D eigenvalue weighted by Crippen LogP contribution is -2.01. The van der Waals surface area contributed by atoms with Gasteiger partial charge in [-0.1, -0.05) is 29.8 Å². The average molecular weight is 249 g/mol. The smallest absolute Gasteiger partial charge is 0.214 e. The second-order valence-corrected chi connectivity index (χ2v) is 3.99. The van der Waals surface area contributed by atoms with E-state index in [1.54, 1.807) is 7.11 Å². The van der Waals surface area contributed by atoms with Crippen LogP contribution in [0, 0.1) is 0 Å². The number of ether oxygens (including phenoxy) is 1. The summed E-state index contributed by atoms with van der Waals surface area (Å²) in [5.41, 5.74) is 1.11. The molecular weight excluding hydrogens is 236 g/mol. The van der Waals surface area contributed by atoms with Crippen LogP contribution in [0.25, 0.3) is 0 Å². The maximum Gasteiger partial charge on any atom is 0.214 e. The molecule has 0 aliphatic carbocycles. The molecule has 0 bridgehead atoms. The quantitative estimate of drug-likeness (QED) is 0.901. The summed E-state index contributed by atoms with van der Waals surface area (Å²) in [6.45, 7) is 0.681. The van der Waals surface area contributed by atoms with Crippen molar-refractivity contribution < 1.29 is 4.74 Å². The second kappa shape index (κ2) is 5.55. The van der Waals surface area contributed by atoms with E-state index in [0.717, 1.165) is 16.4 Å². The van der Waals surface area contributed by atoms with E-state index in [9.17, 15) is 0 Å². The largest absolute Gasteiger partial charge is 0.481 e. The van der Waals surface area contributed by atoms with E-state index >= 15 is 0 Å². The molecule has 0 aliphatic heterocycles. The van der Waals surface area contributed by atoms with Gasteiger partial charge < -0.3 is 10.1 Å². The third-order valence-electron chi connectivity index (χ3n) is 2.30. The van der Waals surface area contributed by atoms with E-state index in [1.807, 2.05) is 42.5 Å². The maximum absolute atomic E-state index is 5.91. The Bertz CT molecular complexity index is 502. The zero-order valence-electron chi connectivity index (χ0n) is 9.48. The Hall–Kier alpha value is -1.74. The fourth-order valence-electron chi connectivity index (χ4n) is 1.47. The molecule has 1 aromatic heterocycles. The molecule has 0 radical (unpaired) electrons. The second-order valence-electron chi connectivity index (χ2n) is 3.55. The van der Waals surface area contributed by atoms with Crippen molar-refractivity contribution in [1.29, 1.82) is 0 Å². The van der Waals surface area contributed by atoms with Gasteiger partial charge >= 0.3 is 0 Å². The summed E-state index contributed by atoms with van der Waals surface area (Å²) in [4.78, 5) is 4.26. The highest BCUT2D eigenvalue weighted by Crippen LogP contribution is 2.14. The van der Waals surface area contributed by atoms with Crippen molar-refractivity contribution in [3.05, 3.63) is 53.1 Å². The summed E-state index contributed by atoms with van der Waals surface area (Å²) >= 11 is 5.91. The first kappa shape index (κ1) is 11.7. The van der Waals surface area contributed by atoms with Gasteiger partial charge in [0, 0.05) is 17.6 Å². The van der Waals surface area contributed by atoms with Crippen LogP contribution in [0.5, 0.6) is 5.88 Å². The van der Waals surface area contributed by atoms with Gasteiger partial charge in [-0.3, -0.25) is 0 Å². The van der Waals surface area contributed by atoms with Gasteiger partial charge in [0.25, 0.3) is 0 Å². The van der Waals surface area contributed by atoms with E-state index < -0.39 is 0 Å². The minimum Gasteiger partial charge on any atom is -0.481 e. The molecule has 0 amide bonds. The number of halogens is 1. The molecule has 1 N–H and O–H groups in total. The lowest BCUT2D eigenvalue weighted by atomic mass is 10.2. The Morgan fingerprint density at radius 3 is 2.82 bits per heavy atom. The normalized spacial score (nSPS) is 10.0. The molecule has 0 fully saturated rings. The molecule has 0 unspecified atom stereocenters. The monoisotopic (exact) mass is 248 g/mol. The number of hydrogen-bond donors (Lipinski definition) is 1. The fourth-order valence-corrected chi connectivity index (χ4v) is 1.68. The van der Waals surface area contributed by atoms with Gasteiger partial charge in [0.1, 0.15) is 5.82 Å². The number of anilines is 1. The zero-order valence-corrected chi connectivity index (χ0v) is 10.2. The van der Waals surface area contributed by atoms with Crippen LogP contribution in [0.3, 0.4) is 0 Å². The summed E-state index contributed by atoms with van der Waals surface area (Å²) in [7, 11) is 1.60. The van der Waals surface area contributed by atoms with Gasteiger partial charge in [-0.15, -0.1) is 0 Å². The Balaban J connectivity index is 2.02. The molecule has 1 aromatic carbocycles.